The minimum Gasteiger partial charge on any atom is -0.383 e. The molecule has 2 aromatic heterocycles. The number of nitrogens with one attached hydrogen (secondary N) is 1. The van der Waals surface area contributed by atoms with Gasteiger partial charge in [0.1, 0.15) is 0 Å². The van der Waals surface area contributed by atoms with Gasteiger partial charge in [-0.2, -0.15) is 5.10 Å². The van der Waals surface area contributed by atoms with Crippen LogP contribution in [0.3, 0.4) is 0 Å². The summed E-state index contributed by atoms with van der Waals surface area (Å²) in [7, 11) is 1.68. The first-order chi connectivity index (χ1) is 14.1. The molecule has 1 saturated heterocycles. The highest BCUT2D eigenvalue weighted by molar-refractivity contribution is 7.11. The fourth-order valence-corrected chi connectivity index (χ4v) is 5.10. The van der Waals surface area contributed by atoms with Crippen molar-refractivity contribution in [2.45, 2.75) is 57.7 Å². The molecule has 158 valence electrons. The van der Waals surface area contributed by atoms with Crippen molar-refractivity contribution < 1.29 is 9.53 Å². The third kappa shape index (κ3) is 4.70. The van der Waals surface area contributed by atoms with Crippen LogP contribution in [0.5, 0.6) is 0 Å². The van der Waals surface area contributed by atoms with Crippen molar-refractivity contribution in [1.29, 1.82) is 0 Å². The Bertz CT molecular complexity index is 829. The quantitative estimate of drug-likeness (QED) is 0.643. The van der Waals surface area contributed by atoms with Gasteiger partial charge in [-0.25, -0.2) is 4.98 Å². The lowest BCUT2D eigenvalue weighted by Crippen LogP contribution is -2.33. The molecule has 1 N–H and O–H groups in total. The van der Waals surface area contributed by atoms with E-state index in [1.165, 1.54) is 22.7 Å². The molecule has 29 heavy (non-hydrogen) atoms. The molecular formula is C21H31N5O2S. The van der Waals surface area contributed by atoms with Crippen molar-refractivity contribution >= 4 is 17.2 Å². The maximum Gasteiger partial charge on any atom is 0.223 e. The van der Waals surface area contributed by atoms with E-state index in [2.05, 4.69) is 35.4 Å². The summed E-state index contributed by atoms with van der Waals surface area (Å²) in [6.07, 6.45) is 9.14. The van der Waals surface area contributed by atoms with Gasteiger partial charge in [0.2, 0.25) is 5.91 Å². The molecule has 3 heterocycles. The Morgan fingerprint density at radius 2 is 2.17 bits per heavy atom. The minimum absolute atomic E-state index is 0.0427. The van der Waals surface area contributed by atoms with E-state index in [0.717, 1.165) is 18.7 Å². The molecule has 1 aliphatic carbocycles. The number of carbonyl (C=O) groups excluding carboxylic acids is 1. The lowest BCUT2D eigenvalue weighted by molar-refractivity contribution is -0.129. The summed E-state index contributed by atoms with van der Waals surface area (Å²) in [5.74, 6) is 1.13. The van der Waals surface area contributed by atoms with Crippen molar-refractivity contribution in [3.8, 4) is 0 Å². The van der Waals surface area contributed by atoms with E-state index in [1.807, 2.05) is 33.3 Å². The van der Waals surface area contributed by atoms with Gasteiger partial charge in [0.05, 0.1) is 23.9 Å². The molecule has 2 aliphatic rings. The van der Waals surface area contributed by atoms with Gasteiger partial charge in [-0.3, -0.25) is 9.48 Å². The van der Waals surface area contributed by atoms with Gasteiger partial charge >= 0.3 is 0 Å². The molecule has 2 atom stereocenters. The first-order valence-electron chi connectivity index (χ1n) is 10.5. The largest absolute Gasteiger partial charge is 0.383 e. The Morgan fingerprint density at radius 1 is 1.34 bits per heavy atom. The second-order valence-corrected chi connectivity index (χ2v) is 9.55. The van der Waals surface area contributed by atoms with E-state index in [-0.39, 0.29) is 17.9 Å². The van der Waals surface area contributed by atoms with E-state index in [1.54, 1.807) is 7.11 Å². The third-order valence-electron chi connectivity index (χ3n) is 5.77. The molecule has 0 bridgehead atoms. The number of carbonyl (C=O) groups is 1. The number of amides is 1. The van der Waals surface area contributed by atoms with E-state index >= 15 is 0 Å². The fourth-order valence-electron chi connectivity index (χ4n) is 4.04. The van der Waals surface area contributed by atoms with Crippen LogP contribution in [0.4, 0.5) is 0 Å². The molecule has 0 aromatic carbocycles. The molecule has 2 aromatic rings. The minimum atomic E-state index is 0.0427. The summed E-state index contributed by atoms with van der Waals surface area (Å²) < 4.78 is 7.21. The maximum atomic E-state index is 12.7. The molecule has 0 radical (unpaired) electrons. The SMILES string of the molecule is COCCN1C(=O)C[C@@H](CNCc2cnc(C3CC3)s2)[C@@H]1c1cnn(C(C)C)c1. The number of rotatable bonds is 10. The summed E-state index contributed by atoms with van der Waals surface area (Å²) >= 11 is 1.82. The molecular weight excluding hydrogens is 386 g/mol. The van der Waals surface area contributed by atoms with Gasteiger partial charge in [0.15, 0.2) is 0 Å². The second kappa shape index (κ2) is 8.93. The van der Waals surface area contributed by atoms with Gasteiger partial charge in [-0.1, -0.05) is 0 Å². The zero-order valence-electron chi connectivity index (χ0n) is 17.5. The molecule has 1 saturated carbocycles. The Hall–Kier alpha value is -1.77. The Kier molecular flexibility index (Phi) is 6.32. The number of ether oxygens (including phenoxy) is 1. The summed E-state index contributed by atoms with van der Waals surface area (Å²) in [5.41, 5.74) is 1.11. The van der Waals surface area contributed by atoms with Crippen molar-refractivity contribution in [1.82, 2.24) is 25.0 Å². The van der Waals surface area contributed by atoms with E-state index in [4.69, 9.17) is 4.74 Å². The van der Waals surface area contributed by atoms with Gasteiger partial charge in [-0.15, -0.1) is 11.3 Å². The fraction of sp³-hybridized carbons (Fsp3) is 0.667. The zero-order chi connectivity index (χ0) is 20.4. The predicted molar refractivity (Wildman–Crippen MR) is 113 cm³/mol. The van der Waals surface area contributed by atoms with Crippen LogP contribution in [-0.4, -0.2) is 52.4 Å². The number of hydrogen-bond acceptors (Lipinski definition) is 6. The summed E-state index contributed by atoms with van der Waals surface area (Å²) in [5, 5.41) is 9.36. The van der Waals surface area contributed by atoms with Crippen molar-refractivity contribution in [3.63, 3.8) is 0 Å². The average molecular weight is 418 g/mol. The van der Waals surface area contributed by atoms with Gasteiger partial charge in [0, 0.05) is 73.9 Å². The number of nitrogens with zero attached hydrogens (tertiary/aromatic N) is 4. The molecule has 1 amide bonds. The number of aromatic nitrogens is 3. The van der Waals surface area contributed by atoms with E-state index in [0.29, 0.717) is 31.5 Å². The van der Waals surface area contributed by atoms with Crippen LogP contribution >= 0.6 is 11.3 Å². The molecule has 0 spiro atoms. The molecule has 4 rings (SSSR count). The van der Waals surface area contributed by atoms with E-state index < -0.39 is 0 Å². The van der Waals surface area contributed by atoms with Crippen LogP contribution in [0.15, 0.2) is 18.6 Å². The lowest BCUT2D eigenvalue weighted by atomic mass is 9.95. The average Bonchev–Trinajstić information content (AvgIpc) is 3.12. The molecule has 1 aliphatic heterocycles. The number of likely N-dealkylation sites (tertiary alicyclic amines) is 1. The predicted octanol–water partition coefficient (Wildman–Crippen LogP) is 3.12. The molecule has 8 heteroatoms. The number of methoxy groups -OCH3 is 1. The van der Waals surface area contributed by atoms with Gasteiger partial charge < -0.3 is 15.0 Å². The maximum absolute atomic E-state index is 12.7. The molecule has 2 fully saturated rings. The van der Waals surface area contributed by atoms with Crippen LogP contribution in [-0.2, 0) is 16.1 Å². The van der Waals surface area contributed by atoms with Gasteiger partial charge in [0.25, 0.3) is 0 Å². The monoisotopic (exact) mass is 417 g/mol. The third-order valence-corrected chi connectivity index (χ3v) is 6.93. The smallest absolute Gasteiger partial charge is 0.223 e. The van der Waals surface area contributed by atoms with Crippen molar-refractivity contribution in [2.24, 2.45) is 5.92 Å². The number of thiazole rings is 1. The Balaban J connectivity index is 1.43. The van der Waals surface area contributed by atoms with Crippen molar-refractivity contribution in [2.75, 3.05) is 26.8 Å². The highest BCUT2D eigenvalue weighted by Crippen LogP contribution is 2.42. The standard InChI is InChI=1S/C21H31N5O2S/c1-14(2)26-13-17(10-24-26)20-16(8-19(27)25(20)6-7-28-3)9-22-11-18-12-23-21(29-18)15-4-5-15/h10,12-16,20,22H,4-9,11H2,1-3H3/t16-,20+/m0/s1. The zero-order valence-corrected chi connectivity index (χ0v) is 18.3. The first-order valence-corrected chi connectivity index (χ1v) is 11.4. The normalized spacial score (nSPS) is 22.2. The second-order valence-electron chi connectivity index (χ2n) is 8.41. The van der Waals surface area contributed by atoms with Crippen LogP contribution in [0.2, 0.25) is 0 Å². The highest BCUT2D eigenvalue weighted by atomic mass is 32.1. The van der Waals surface area contributed by atoms with E-state index in [9.17, 15) is 4.79 Å². The topological polar surface area (TPSA) is 72.3 Å². The van der Waals surface area contributed by atoms with Crippen LogP contribution in [0, 0.1) is 5.92 Å². The summed E-state index contributed by atoms with van der Waals surface area (Å²) in [6, 6.07) is 0.345. The molecule has 0 unspecified atom stereocenters. The Morgan fingerprint density at radius 3 is 2.86 bits per heavy atom. The summed E-state index contributed by atoms with van der Waals surface area (Å²) in [6.45, 7) is 7.00. The van der Waals surface area contributed by atoms with Crippen LogP contribution < -0.4 is 5.32 Å². The molecule has 7 nitrogen and oxygen atoms in total. The van der Waals surface area contributed by atoms with Crippen LogP contribution in [0.25, 0.3) is 0 Å². The van der Waals surface area contributed by atoms with Crippen molar-refractivity contribution in [3.05, 3.63) is 34.0 Å². The Labute approximate surface area is 176 Å². The van der Waals surface area contributed by atoms with Crippen LogP contribution in [0.1, 0.15) is 66.6 Å². The van der Waals surface area contributed by atoms with Gasteiger partial charge in [-0.05, 0) is 26.7 Å². The summed E-state index contributed by atoms with van der Waals surface area (Å²) in [4.78, 5) is 20.5. The lowest BCUT2D eigenvalue weighted by Gasteiger charge is -2.27. The first kappa shape index (κ1) is 20.5. The highest BCUT2D eigenvalue weighted by Gasteiger charge is 2.40. The number of hydrogen-bond donors (Lipinski definition) is 1.